The van der Waals surface area contributed by atoms with E-state index < -0.39 is 0 Å². The summed E-state index contributed by atoms with van der Waals surface area (Å²) in [4.78, 5) is 1.03. The summed E-state index contributed by atoms with van der Waals surface area (Å²) in [6.07, 6.45) is 0.477. The molecule has 0 atom stereocenters. The van der Waals surface area contributed by atoms with Crippen LogP contribution in [0.5, 0.6) is 5.75 Å². The summed E-state index contributed by atoms with van der Waals surface area (Å²) in [6.45, 7) is 0.475. The molecule has 0 amide bonds. The third kappa shape index (κ3) is 4.40. The Morgan fingerprint density at radius 1 is 1.32 bits per heavy atom. The molecule has 0 aliphatic heterocycles. The second kappa shape index (κ2) is 6.93. The largest absolute Gasteiger partial charge is 0.488 e. The zero-order valence-corrected chi connectivity index (χ0v) is 11.0. The van der Waals surface area contributed by atoms with Crippen molar-refractivity contribution in [2.75, 3.05) is 6.61 Å². The molecule has 1 heterocycles. The molecule has 0 aliphatic carbocycles. The topological polar surface area (TPSA) is 29.5 Å². The summed E-state index contributed by atoms with van der Waals surface area (Å²) in [5, 5.41) is 10.6. The highest BCUT2D eigenvalue weighted by Gasteiger charge is 2.00. The maximum Gasteiger partial charge on any atom is 0.126 e. The average molecular weight is 276 g/mol. The number of halogens is 1. The predicted octanol–water partition coefficient (Wildman–Crippen LogP) is 3.20. The number of ether oxygens (including phenoxy) is 1. The van der Waals surface area contributed by atoms with E-state index in [4.69, 9.17) is 9.84 Å². The summed E-state index contributed by atoms with van der Waals surface area (Å²) < 4.78 is 18.4. The third-order valence-electron chi connectivity index (χ3n) is 2.30. The maximum absolute atomic E-state index is 13.0. The lowest BCUT2D eigenvalue weighted by molar-refractivity contribution is 0.305. The van der Waals surface area contributed by atoms with Gasteiger partial charge in [-0.15, -0.1) is 11.3 Å². The molecule has 1 N–H and O–H groups in total. The Morgan fingerprint density at radius 3 is 3.00 bits per heavy atom. The highest BCUT2D eigenvalue weighted by Crippen LogP contribution is 2.18. The van der Waals surface area contributed by atoms with E-state index in [-0.39, 0.29) is 12.4 Å². The van der Waals surface area contributed by atoms with Gasteiger partial charge in [0.25, 0.3) is 0 Å². The van der Waals surface area contributed by atoms with Crippen LogP contribution in [0.4, 0.5) is 4.39 Å². The fourth-order valence-corrected chi connectivity index (χ4v) is 2.18. The van der Waals surface area contributed by atoms with Gasteiger partial charge in [0.05, 0.1) is 6.61 Å². The minimum Gasteiger partial charge on any atom is -0.488 e. The molecule has 4 heteroatoms. The summed E-state index contributed by atoms with van der Waals surface area (Å²) >= 11 is 1.55. The summed E-state index contributed by atoms with van der Waals surface area (Å²) in [5.74, 6) is 6.03. The van der Waals surface area contributed by atoms with Crippen molar-refractivity contribution < 1.29 is 14.2 Å². The third-order valence-corrected chi connectivity index (χ3v) is 3.21. The lowest BCUT2D eigenvalue weighted by atomic mass is 10.3. The molecule has 0 saturated heterocycles. The highest BCUT2D eigenvalue weighted by molar-refractivity contribution is 7.10. The van der Waals surface area contributed by atoms with Crippen molar-refractivity contribution in [3.8, 4) is 17.6 Å². The molecule has 0 spiro atoms. The number of hydrogen-bond acceptors (Lipinski definition) is 3. The van der Waals surface area contributed by atoms with Gasteiger partial charge in [0.2, 0.25) is 0 Å². The van der Waals surface area contributed by atoms with Crippen LogP contribution in [0.3, 0.4) is 0 Å². The molecule has 19 heavy (non-hydrogen) atoms. The Kier molecular flexibility index (Phi) is 4.96. The number of hydrogen-bond donors (Lipinski definition) is 1. The van der Waals surface area contributed by atoms with Gasteiger partial charge in [-0.25, -0.2) is 4.39 Å². The SMILES string of the molecule is OCCC#Cc1csc(COc2cccc(F)c2)c1. The zero-order chi connectivity index (χ0) is 13.5. The lowest BCUT2D eigenvalue weighted by Crippen LogP contribution is -1.92. The number of thiophene rings is 1. The fraction of sp³-hybridized carbons (Fsp3) is 0.200. The molecule has 0 radical (unpaired) electrons. The summed E-state index contributed by atoms with van der Waals surface area (Å²) in [6, 6.07) is 8.01. The molecule has 2 rings (SSSR count). The van der Waals surface area contributed by atoms with Crippen LogP contribution in [0.25, 0.3) is 0 Å². The van der Waals surface area contributed by atoms with E-state index in [1.807, 2.05) is 11.4 Å². The quantitative estimate of drug-likeness (QED) is 0.869. The van der Waals surface area contributed by atoms with E-state index in [0.29, 0.717) is 18.8 Å². The van der Waals surface area contributed by atoms with Gasteiger partial charge in [-0.2, -0.15) is 0 Å². The van der Waals surface area contributed by atoms with Crippen molar-refractivity contribution in [2.24, 2.45) is 0 Å². The van der Waals surface area contributed by atoms with Crippen molar-refractivity contribution in [3.05, 3.63) is 52.0 Å². The molecule has 0 fully saturated rings. The fourth-order valence-electron chi connectivity index (χ4n) is 1.45. The second-order valence-corrected chi connectivity index (χ2v) is 4.82. The van der Waals surface area contributed by atoms with Gasteiger partial charge in [-0.05, 0) is 18.2 Å². The van der Waals surface area contributed by atoms with Gasteiger partial charge in [0.15, 0.2) is 0 Å². The molecule has 2 nitrogen and oxygen atoms in total. The van der Waals surface area contributed by atoms with Crippen molar-refractivity contribution in [1.82, 2.24) is 0 Å². The smallest absolute Gasteiger partial charge is 0.126 e. The van der Waals surface area contributed by atoms with E-state index in [2.05, 4.69) is 11.8 Å². The molecule has 1 aromatic heterocycles. The van der Waals surface area contributed by atoms with E-state index in [9.17, 15) is 4.39 Å². The minimum atomic E-state index is -0.306. The monoisotopic (exact) mass is 276 g/mol. The van der Waals surface area contributed by atoms with E-state index >= 15 is 0 Å². The van der Waals surface area contributed by atoms with Gasteiger partial charge >= 0.3 is 0 Å². The van der Waals surface area contributed by atoms with Crippen LogP contribution in [-0.2, 0) is 6.61 Å². The minimum absolute atomic E-state index is 0.0761. The van der Waals surface area contributed by atoms with E-state index in [1.54, 1.807) is 23.5 Å². The zero-order valence-electron chi connectivity index (χ0n) is 10.2. The van der Waals surface area contributed by atoms with E-state index in [0.717, 1.165) is 10.4 Å². The molecule has 0 saturated carbocycles. The Balaban J connectivity index is 1.92. The van der Waals surface area contributed by atoms with Crippen LogP contribution < -0.4 is 4.74 Å². The van der Waals surface area contributed by atoms with Gasteiger partial charge < -0.3 is 9.84 Å². The van der Waals surface area contributed by atoms with Crippen molar-refractivity contribution in [3.63, 3.8) is 0 Å². The van der Waals surface area contributed by atoms with Gasteiger partial charge in [0, 0.05) is 28.3 Å². The van der Waals surface area contributed by atoms with Crippen LogP contribution in [-0.4, -0.2) is 11.7 Å². The maximum atomic E-state index is 13.0. The Morgan fingerprint density at radius 2 is 2.21 bits per heavy atom. The first-order chi connectivity index (χ1) is 9.28. The first-order valence-electron chi connectivity index (χ1n) is 5.83. The van der Waals surface area contributed by atoms with Crippen molar-refractivity contribution in [2.45, 2.75) is 13.0 Å². The molecule has 0 bridgehead atoms. The lowest BCUT2D eigenvalue weighted by Gasteiger charge is -2.03. The summed E-state index contributed by atoms with van der Waals surface area (Å²) in [5.41, 5.74) is 0.913. The standard InChI is InChI=1S/C15H13FO2S/c16-13-5-3-6-14(9-13)18-10-15-8-12(11-19-15)4-1-2-7-17/h3,5-6,8-9,11,17H,2,7,10H2. The number of benzene rings is 1. The molecule has 1 aromatic carbocycles. The van der Waals surface area contributed by atoms with Crippen LogP contribution in [0.15, 0.2) is 35.7 Å². The van der Waals surface area contributed by atoms with E-state index in [1.165, 1.54) is 12.1 Å². The molecule has 98 valence electrons. The van der Waals surface area contributed by atoms with Crippen molar-refractivity contribution in [1.29, 1.82) is 0 Å². The molecule has 0 unspecified atom stereocenters. The predicted molar refractivity (Wildman–Crippen MR) is 73.6 cm³/mol. The number of aliphatic hydroxyl groups is 1. The number of rotatable bonds is 4. The molecular weight excluding hydrogens is 263 g/mol. The van der Waals surface area contributed by atoms with Gasteiger partial charge in [-0.1, -0.05) is 17.9 Å². The molecule has 0 aliphatic rings. The first kappa shape index (κ1) is 13.6. The average Bonchev–Trinajstić information content (AvgIpc) is 2.85. The molecule has 2 aromatic rings. The molecular formula is C15H13FO2S. The highest BCUT2D eigenvalue weighted by atomic mass is 32.1. The van der Waals surface area contributed by atoms with Crippen molar-refractivity contribution >= 4 is 11.3 Å². The second-order valence-electron chi connectivity index (χ2n) is 3.82. The van der Waals surface area contributed by atoms with Crippen LogP contribution in [0, 0.1) is 17.7 Å². The Bertz CT molecular complexity index is 595. The van der Waals surface area contributed by atoms with Gasteiger partial charge in [0.1, 0.15) is 18.2 Å². The normalized spacial score (nSPS) is 9.79. The Labute approximate surface area is 115 Å². The van der Waals surface area contributed by atoms with Crippen LogP contribution in [0.1, 0.15) is 16.9 Å². The van der Waals surface area contributed by atoms with Crippen LogP contribution in [0.2, 0.25) is 0 Å². The van der Waals surface area contributed by atoms with Crippen LogP contribution >= 0.6 is 11.3 Å². The number of aliphatic hydroxyl groups excluding tert-OH is 1. The first-order valence-corrected chi connectivity index (χ1v) is 6.71. The summed E-state index contributed by atoms with van der Waals surface area (Å²) in [7, 11) is 0. The van der Waals surface area contributed by atoms with Gasteiger partial charge in [-0.3, -0.25) is 0 Å². The Hall–Kier alpha value is -1.83.